The number of nitrogens with one attached hydrogen (secondary N) is 1. The molecule has 1 radical (unpaired) electrons. The molecule has 2 nitrogen and oxygen atoms in total. The van der Waals surface area contributed by atoms with Crippen LogP contribution in [-0.2, 0) is 0 Å². The lowest BCUT2D eigenvalue weighted by molar-refractivity contribution is 0.0955. The zero-order chi connectivity index (χ0) is 10.6. The van der Waals surface area contributed by atoms with Crippen molar-refractivity contribution >= 4 is 5.91 Å². The van der Waals surface area contributed by atoms with Crippen molar-refractivity contribution in [3.8, 4) is 0 Å². The van der Waals surface area contributed by atoms with E-state index in [0.717, 1.165) is 17.0 Å². The van der Waals surface area contributed by atoms with E-state index in [-0.39, 0.29) is 5.91 Å². The molecule has 0 aliphatic heterocycles. The van der Waals surface area contributed by atoms with Crippen molar-refractivity contribution in [2.75, 3.05) is 6.54 Å². The molecule has 0 bridgehead atoms. The van der Waals surface area contributed by atoms with Gasteiger partial charge in [-0.3, -0.25) is 4.79 Å². The zero-order valence-electron chi connectivity index (χ0n) is 8.92. The van der Waals surface area contributed by atoms with Crippen LogP contribution in [0.25, 0.3) is 0 Å². The summed E-state index contributed by atoms with van der Waals surface area (Å²) in [5.41, 5.74) is 1.79. The minimum atomic E-state index is 0.00398. The predicted octanol–water partition coefficient (Wildman–Crippen LogP) is 2.40. The second-order valence-electron chi connectivity index (χ2n) is 3.41. The van der Waals surface area contributed by atoms with Gasteiger partial charge in [0.05, 0.1) is 0 Å². The van der Waals surface area contributed by atoms with Gasteiger partial charge in [-0.2, -0.15) is 0 Å². The van der Waals surface area contributed by atoms with E-state index in [1.54, 1.807) is 0 Å². The van der Waals surface area contributed by atoms with Gasteiger partial charge in [0, 0.05) is 12.1 Å². The SMILES string of the molecule is CCNC(=O)c1ccccc1[C](C)C. The van der Waals surface area contributed by atoms with E-state index in [2.05, 4.69) is 5.32 Å². The third-order valence-corrected chi connectivity index (χ3v) is 2.05. The second-order valence-corrected chi connectivity index (χ2v) is 3.41. The maximum absolute atomic E-state index is 11.6. The Morgan fingerprint density at radius 2 is 1.79 bits per heavy atom. The van der Waals surface area contributed by atoms with Crippen molar-refractivity contribution < 1.29 is 4.79 Å². The minimum Gasteiger partial charge on any atom is -0.352 e. The normalized spacial score (nSPS) is 10.3. The van der Waals surface area contributed by atoms with Crippen molar-refractivity contribution in [2.45, 2.75) is 20.8 Å². The Hall–Kier alpha value is -1.31. The molecular weight excluding hydrogens is 174 g/mol. The molecule has 0 fully saturated rings. The fraction of sp³-hybridized carbons (Fsp3) is 0.333. The topological polar surface area (TPSA) is 29.1 Å². The third kappa shape index (κ3) is 2.34. The van der Waals surface area contributed by atoms with Gasteiger partial charge in [-0.05, 0) is 24.5 Å². The van der Waals surface area contributed by atoms with Crippen LogP contribution in [0.5, 0.6) is 0 Å². The number of hydrogen-bond donors (Lipinski definition) is 1. The lowest BCUT2D eigenvalue weighted by Crippen LogP contribution is -2.24. The Morgan fingerprint density at radius 1 is 1.21 bits per heavy atom. The van der Waals surface area contributed by atoms with Crippen LogP contribution in [0.1, 0.15) is 36.7 Å². The first-order chi connectivity index (χ1) is 6.66. The molecule has 0 heterocycles. The van der Waals surface area contributed by atoms with E-state index in [4.69, 9.17) is 0 Å². The predicted molar refractivity (Wildman–Crippen MR) is 58.1 cm³/mol. The van der Waals surface area contributed by atoms with Crippen LogP contribution in [0, 0.1) is 5.92 Å². The highest BCUT2D eigenvalue weighted by atomic mass is 16.1. The summed E-state index contributed by atoms with van der Waals surface area (Å²) in [5, 5.41) is 2.80. The standard InChI is InChI=1S/C12H16NO/c1-4-13-12(14)11-8-6-5-7-10(11)9(2)3/h5-8H,4H2,1-3H3,(H,13,14). The molecule has 0 saturated carbocycles. The first-order valence-electron chi connectivity index (χ1n) is 4.84. The molecule has 0 atom stereocenters. The summed E-state index contributed by atoms with van der Waals surface area (Å²) in [4.78, 5) is 11.6. The van der Waals surface area contributed by atoms with Crippen molar-refractivity contribution in [3.05, 3.63) is 41.3 Å². The number of carbonyl (C=O) groups is 1. The molecule has 75 valence electrons. The smallest absolute Gasteiger partial charge is 0.251 e. The molecule has 0 spiro atoms. The van der Waals surface area contributed by atoms with Gasteiger partial charge in [0.1, 0.15) is 0 Å². The number of hydrogen-bond acceptors (Lipinski definition) is 1. The first kappa shape index (κ1) is 10.8. The summed E-state index contributed by atoms with van der Waals surface area (Å²) in [7, 11) is 0. The Bertz CT molecular complexity index is 318. The maximum Gasteiger partial charge on any atom is 0.251 e. The van der Waals surface area contributed by atoms with Gasteiger partial charge in [-0.1, -0.05) is 32.0 Å². The fourth-order valence-electron chi connectivity index (χ4n) is 1.37. The summed E-state index contributed by atoms with van der Waals surface area (Å²) in [6, 6.07) is 7.66. The molecular formula is C12H16NO. The van der Waals surface area contributed by atoms with E-state index >= 15 is 0 Å². The van der Waals surface area contributed by atoms with Crippen molar-refractivity contribution in [1.82, 2.24) is 5.32 Å². The largest absolute Gasteiger partial charge is 0.352 e. The van der Waals surface area contributed by atoms with E-state index in [1.165, 1.54) is 0 Å². The van der Waals surface area contributed by atoms with Crippen LogP contribution in [0.2, 0.25) is 0 Å². The van der Waals surface area contributed by atoms with E-state index < -0.39 is 0 Å². The minimum absolute atomic E-state index is 0.00398. The molecule has 1 rings (SSSR count). The number of carbonyl (C=O) groups excluding carboxylic acids is 1. The lowest BCUT2D eigenvalue weighted by Gasteiger charge is -2.11. The first-order valence-corrected chi connectivity index (χ1v) is 4.84. The highest BCUT2D eigenvalue weighted by molar-refractivity contribution is 5.96. The molecule has 0 aromatic heterocycles. The van der Waals surface area contributed by atoms with Crippen LogP contribution >= 0.6 is 0 Å². The molecule has 1 amide bonds. The van der Waals surface area contributed by atoms with Gasteiger partial charge in [0.15, 0.2) is 0 Å². The van der Waals surface area contributed by atoms with Gasteiger partial charge in [0.2, 0.25) is 0 Å². The molecule has 2 heteroatoms. The second kappa shape index (κ2) is 4.80. The van der Waals surface area contributed by atoms with E-state index in [1.807, 2.05) is 45.0 Å². The van der Waals surface area contributed by atoms with Crippen molar-refractivity contribution in [1.29, 1.82) is 0 Å². The van der Waals surface area contributed by atoms with Gasteiger partial charge >= 0.3 is 0 Å². The number of benzene rings is 1. The van der Waals surface area contributed by atoms with Crippen LogP contribution in [0.4, 0.5) is 0 Å². The van der Waals surface area contributed by atoms with E-state index in [9.17, 15) is 4.79 Å². The third-order valence-electron chi connectivity index (χ3n) is 2.05. The van der Waals surface area contributed by atoms with Crippen molar-refractivity contribution in [3.63, 3.8) is 0 Å². The number of rotatable bonds is 3. The van der Waals surface area contributed by atoms with Crippen molar-refractivity contribution in [2.24, 2.45) is 0 Å². The lowest BCUT2D eigenvalue weighted by atomic mass is 9.97. The van der Waals surface area contributed by atoms with Gasteiger partial charge in [-0.25, -0.2) is 0 Å². The van der Waals surface area contributed by atoms with Gasteiger partial charge in [0.25, 0.3) is 5.91 Å². The molecule has 0 unspecified atom stereocenters. The zero-order valence-corrected chi connectivity index (χ0v) is 8.92. The Morgan fingerprint density at radius 3 is 2.29 bits per heavy atom. The van der Waals surface area contributed by atoms with Crippen LogP contribution in [0.3, 0.4) is 0 Å². The quantitative estimate of drug-likeness (QED) is 0.779. The number of amides is 1. The average Bonchev–Trinajstić information content (AvgIpc) is 2.18. The summed E-state index contributed by atoms with van der Waals surface area (Å²) >= 11 is 0. The Balaban J connectivity index is 3.00. The highest BCUT2D eigenvalue weighted by Gasteiger charge is 2.11. The molecule has 1 N–H and O–H groups in total. The molecule has 0 aliphatic carbocycles. The fourth-order valence-corrected chi connectivity index (χ4v) is 1.37. The molecule has 1 aromatic rings. The van der Waals surface area contributed by atoms with Crippen LogP contribution in [0.15, 0.2) is 24.3 Å². The summed E-state index contributed by atoms with van der Waals surface area (Å²) in [5.74, 6) is 1.16. The summed E-state index contributed by atoms with van der Waals surface area (Å²) in [6.45, 7) is 6.61. The van der Waals surface area contributed by atoms with Crippen LogP contribution in [-0.4, -0.2) is 12.5 Å². The Labute approximate surface area is 85.3 Å². The average molecular weight is 190 g/mol. The highest BCUT2D eigenvalue weighted by Crippen LogP contribution is 2.17. The summed E-state index contributed by atoms with van der Waals surface area (Å²) < 4.78 is 0. The summed E-state index contributed by atoms with van der Waals surface area (Å²) in [6.07, 6.45) is 0. The van der Waals surface area contributed by atoms with E-state index in [0.29, 0.717) is 6.54 Å². The van der Waals surface area contributed by atoms with Gasteiger partial charge < -0.3 is 5.32 Å². The molecule has 14 heavy (non-hydrogen) atoms. The molecule has 0 saturated heterocycles. The van der Waals surface area contributed by atoms with Gasteiger partial charge in [-0.15, -0.1) is 0 Å². The Kier molecular flexibility index (Phi) is 3.69. The monoisotopic (exact) mass is 190 g/mol. The molecule has 0 aliphatic rings. The maximum atomic E-state index is 11.6. The molecule has 1 aromatic carbocycles. The van der Waals surface area contributed by atoms with Crippen LogP contribution < -0.4 is 5.32 Å².